The van der Waals surface area contributed by atoms with Crippen LogP contribution in [-0.2, 0) is 6.54 Å². The number of aromatic nitrogens is 4. The lowest BCUT2D eigenvalue weighted by Crippen LogP contribution is -2.14. The third-order valence-electron chi connectivity index (χ3n) is 4.15. The van der Waals surface area contributed by atoms with Gasteiger partial charge in [0.25, 0.3) is 5.56 Å². The standard InChI is InChI=1S/C19H14F2N4O2/c1-27-15-5-3-2-4-11(15)9-25-10-22-18-16(25)19(26)24-17(23-18)12-6-13(20)8-14(21)7-12/h2-8,10H,9H2,1H3,(H,23,24,26). The van der Waals surface area contributed by atoms with Crippen LogP contribution in [0.5, 0.6) is 5.75 Å². The normalized spacial score (nSPS) is 11.1. The minimum absolute atomic E-state index is 0.0495. The minimum Gasteiger partial charge on any atom is -0.496 e. The molecule has 27 heavy (non-hydrogen) atoms. The number of rotatable bonds is 4. The smallest absolute Gasteiger partial charge is 0.277 e. The average Bonchev–Trinajstić information content (AvgIpc) is 3.05. The molecule has 0 atom stereocenters. The fourth-order valence-electron chi connectivity index (χ4n) is 2.95. The molecule has 4 rings (SSSR count). The summed E-state index contributed by atoms with van der Waals surface area (Å²) in [7, 11) is 1.57. The Morgan fingerprint density at radius 1 is 1.15 bits per heavy atom. The monoisotopic (exact) mass is 368 g/mol. The van der Waals surface area contributed by atoms with Gasteiger partial charge >= 0.3 is 0 Å². The predicted molar refractivity (Wildman–Crippen MR) is 95.6 cm³/mol. The highest BCUT2D eigenvalue weighted by molar-refractivity contribution is 5.72. The molecule has 4 aromatic rings. The Morgan fingerprint density at radius 2 is 1.89 bits per heavy atom. The zero-order valence-electron chi connectivity index (χ0n) is 14.2. The van der Waals surface area contributed by atoms with E-state index in [1.54, 1.807) is 11.7 Å². The summed E-state index contributed by atoms with van der Waals surface area (Å²) in [4.78, 5) is 23.6. The number of hydrogen-bond donors (Lipinski definition) is 1. The second-order valence-electron chi connectivity index (χ2n) is 5.93. The number of ether oxygens (including phenoxy) is 1. The highest BCUT2D eigenvalue weighted by atomic mass is 19.1. The van der Waals surface area contributed by atoms with Crippen LogP contribution in [0.15, 0.2) is 53.6 Å². The SMILES string of the molecule is COc1ccccc1Cn1cnc2nc(-c3cc(F)cc(F)c3)[nH]c(=O)c21. The van der Waals surface area contributed by atoms with E-state index >= 15 is 0 Å². The number of hydrogen-bond acceptors (Lipinski definition) is 4. The van der Waals surface area contributed by atoms with Crippen LogP contribution in [0, 0.1) is 11.6 Å². The lowest BCUT2D eigenvalue weighted by molar-refractivity contribution is 0.408. The summed E-state index contributed by atoms with van der Waals surface area (Å²) in [6.45, 7) is 0.360. The molecule has 1 N–H and O–H groups in total. The first-order valence-corrected chi connectivity index (χ1v) is 8.08. The van der Waals surface area contributed by atoms with Crippen molar-refractivity contribution in [2.75, 3.05) is 7.11 Å². The predicted octanol–water partition coefficient (Wildman–Crippen LogP) is 3.12. The maximum absolute atomic E-state index is 13.5. The zero-order valence-corrected chi connectivity index (χ0v) is 14.2. The number of nitrogens with one attached hydrogen (secondary N) is 1. The van der Waals surface area contributed by atoms with Crippen LogP contribution in [0.3, 0.4) is 0 Å². The molecular formula is C19H14F2N4O2. The van der Waals surface area contributed by atoms with Gasteiger partial charge in [0, 0.05) is 17.2 Å². The Bertz CT molecular complexity index is 1180. The van der Waals surface area contributed by atoms with Crippen molar-refractivity contribution in [3.05, 3.63) is 76.3 Å². The molecule has 0 unspecified atom stereocenters. The molecule has 2 aromatic carbocycles. The molecule has 0 saturated heterocycles. The Hall–Kier alpha value is -3.55. The molecule has 136 valence electrons. The average molecular weight is 368 g/mol. The summed E-state index contributed by atoms with van der Waals surface area (Å²) in [5.74, 6) is -0.770. The van der Waals surface area contributed by atoms with Crippen molar-refractivity contribution < 1.29 is 13.5 Å². The highest BCUT2D eigenvalue weighted by Gasteiger charge is 2.14. The first-order valence-electron chi connectivity index (χ1n) is 8.08. The molecule has 2 heterocycles. The van der Waals surface area contributed by atoms with E-state index < -0.39 is 17.2 Å². The highest BCUT2D eigenvalue weighted by Crippen LogP contribution is 2.21. The van der Waals surface area contributed by atoms with Crippen LogP contribution in [0.25, 0.3) is 22.6 Å². The molecule has 0 aliphatic carbocycles. The molecule has 0 spiro atoms. The summed E-state index contributed by atoms with van der Waals surface area (Å²) < 4.78 is 33.9. The summed E-state index contributed by atoms with van der Waals surface area (Å²) >= 11 is 0. The molecule has 0 radical (unpaired) electrons. The van der Waals surface area contributed by atoms with Crippen molar-refractivity contribution in [1.82, 2.24) is 19.5 Å². The van der Waals surface area contributed by atoms with Crippen molar-refractivity contribution in [3.8, 4) is 17.1 Å². The van der Waals surface area contributed by atoms with Gasteiger partial charge < -0.3 is 14.3 Å². The van der Waals surface area contributed by atoms with Crippen LogP contribution >= 0.6 is 0 Å². The molecule has 0 saturated carbocycles. The van der Waals surface area contributed by atoms with Gasteiger partial charge in [0.15, 0.2) is 11.2 Å². The van der Waals surface area contributed by atoms with E-state index in [0.29, 0.717) is 12.3 Å². The van der Waals surface area contributed by atoms with Crippen LogP contribution in [0.1, 0.15) is 5.56 Å². The van der Waals surface area contributed by atoms with Gasteiger partial charge in [0.1, 0.15) is 23.2 Å². The quantitative estimate of drug-likeness (QED) is 0.601. The minimum atomic E-state index is -0.755. The van der Waals surface area contributed by atoms with E-state index in [1.165, 1.54) is 6.33 Å². The van der Waals surface area contributed by atoms with Gasteiger partial charge in [-0.05, 0) is 18.2 Å². The molecule has 6 nitrogen and oxygen atoms in total. The number of fused-ring (bicyclic) bond motifs is 1. The van der Waals surface area contributed by atoms with E-state index in [2.05, 4.69) is 15.0 Å². The summed E-state index contributed by atoms with van der Waals surface area (Å²) in [5.41, 5.74) is 1.00. The topological polar surface area (TPSA) is 72.8 Å². The second-order valence-corrected chi connectivity index (χ2v) is 5.93. The fraction of sp³-hybridized carbons (Fsp3) is 0.105. The summed E-state index contributed by atoms with van der Waals surface area (Å²) in [6, 6.07) is 10.4. The van der Waals surface area contributed by atoms with E-state index in [0.717, 1.165) is 23.8 Å². The Balaban J connectivity index is 1.79. The second kappa shape index (κ2) is 6.64. The van der Waals surface area contributed by atoms with Crippen molar-refractivity contribution in [2.45, 2.75) is 6.54 Å². The van der Waals surface area contributed by atoms with Crippen LogP contribution in [0.4, 0.5) is 8.78 Å². The Morgan fingerprint density at radius 3 is 2.63 bits per heavy atom. The van der Waals surface area contributed by atoms with Gasteiger partial charge in [0.05, 0.1) is 20.0 Å². The molecule has 2 aromatic heterocycles. The molecule has 0 bridgehead atoms. The van der Waals surface area contributed by atoms with Gasteiger partial charge in [0.2, 0.25) is 0 Å². The number of methoxy groups -OCH3 is 1. The van der Waals surface area contributed by atoms with E-state index in [9.17, 15) is 13.6 Å². The third-order valence-corrected chi connectivity index (χ3v) is 4.15. The van der Waals surface area contributed by atoms with E-state index in [1.807, 2.05) is 24.3 Å². The van der Waals surface area contributed by atoms with Crippen LogP contribution in [-0.4, -0.2) is 26.6 Å². The number of imidazole rings is 1. The molecular weight excluding hydrogens is 354 g/mol. The first-order chi connectivity index (χ1) is 13.0. The number of halogens is 2. The maximum atomic E-state index is 13.5. The largest absolute Gasteiger partial charge is 0.496 e. The van der Waals surface area contributed by atoms with Gasteiger partial charge in [-0.3, -0.25) is 4.79 Å². The van der Waals surface area contributed by atoms with Crippen molar-refractivity contribution in [2.24, 2.45) is 0 Å². The van der Waals surface area contributed by atoms with Crippen LogP contribution < -0.4 is 10.3 Å². The lowest BCUT2D eigenvalue weighted by Gasteiger charge is -2.09. The number of H-pyrrole nitrogens is 1. The van der Waals surface area contributed by atoms with Crippen molar-refractivity contribution in [1.29, 1.82) is 0 Å². The molecule has 0 amide bonds. The molecule has 0 aliphatic heterocycles. The number of nitrogens with zero attached hydrogens (tertiary/aromatic N) is 3. The van der Waals surface area contributed by atoms with Gasteiger partial charge in [-0.2, -0.15) is 0 Å². The summed E-state index contributed by atoms with van der Waals surface area (Å²) in [6.07, 6.45) is 1.50. The van der Waals surface area contributed by atoms with Crippen molar-refractivity contribution in [3.63, 3.8) is 0 Å². The van der Waals surface area contributed by atoms with E-state index in [-0.39, 0.29) is 22.6 Å². The number of benzene rings is 2. The molecule has 0 aliphatic rings. The lowest BCUT2D eigenvalue weighted by atomic mass is 10.2. The first kappa shape index (κ1) is 16.9. The fourth-order valence-corrected chi connectivity index (χ4v) is 2.95. The maximum Gasteiger partial charge on any atom is 0.277 e. The van der Waals surface area contributed by atoms with Gasteiger partial charge in [-0.25, -0.2) is 18.7 Å². The van der Waals surface area contributed by atoms with E-state index in [4.69, 9.17) is 4.74 Å². The number of para-hydroxylation sites is 1. The van der Waals surface area contributed by atoms with Crippen molar-refractivity contribution >= 4 is 11.2 Å². The molecule has 8 heteroatoms. The summed E-state index contributed by atoms with van der Waals surface area (Å²) in [5, 5.41) is 0. The van der Waals surface area contributed by atoms with Gasteiger partial charge in [-0.15, -0.1) is 0 Å². The molecule has 0 fully saturated rings. The van der Waals surface area contributed by atoms with Crippen LogP contribution in [0.2, 0.25) is 0 Å². The Kier molecular flexibility index (Phi) is 4.15. The Labute approximate surface area is 152 Å². The zero-order chi connectivity index (χ0) is 19.0. The van der Waals surface area contributed by atoms with Gasteiger partial charge in [-0.1, -0.05) is 18.2 Å². The number of aromatic amines is 1. The third kappa shape index (κ3) is 3.17.